The summed E-state index contributed by atoms with van der Waals surface area (Å²) in [5.74, 6) is 1.26. The third-order valence-electron chi connectivity index (χ3n) is 6.08. The number of rotatable bonds is 7. The lowest BCUT2D eigenvalue weighted by molar-refractivity contribution is -0.132. The molecule has 0 bridgehead atoms. The van der Waals surface area contributed by atoms with Crippen molar-refractivity contribution in [3.8, 4) is 11.4 Å². The first kappa shape index (κ1) is 23.2. The second-order valence-corrected chi connectivity index (χ2v) is 8.35. The summed E-state index contributed by atoms with van der Waals surface area (Å²) in [5.41, 5.74) is 3.16. The highest BCUT2D eigenvalue weighted by atomic mass is 16.5. The Hall–Kier alpha value is -3.93. The summed E-state index contributed by atoms with van der Waals surface area (Å²) in [6.45, 7) is 6.35. The molecule has 1 unspecified atom stereocenters. The number of hydrogen-bond donors (Lipinski definition) is 0. The normalized spacial score (nSPS) is 11.9. The van der Waals surface area contributed by atoms with Crippen molar-refractivity contribution < 1.29 is 9.53 Å². The van der Waals surface area contributed by atoms with Crippen LogP contribution in [-0.4, -0.2) is 34.0 Å². The van der Waals surface area contributed by atoms with Crippen molar-refractivity contribution in [2.45, 2.75) is 33.2 Å². The fourth-order valence-corrected chi connectivity index (χ4v) is 4.27. The highest BCUT2D eigenvalue weighted by Gasteiger charge is 2.26. The van der Waals surface area contributed by atoms with E-state index in [2.05, 4.69) is 0 Å². The Morgan fingerprint density at radius 1 is 1.06 bits per heavy atom. The number of benzene rings is 3. The average Bonchev–Trinajstić information content (AvgIpc) is 2.84. The molecule has 0 N–H and O–H groups in total. The zero-order valence-corrected chi connectivity index (χ0v) is 20.0. The van der Waals surface area contributed by atoms with E-state index in [0.717, 1.165) is 22.6 Å². The van der Waals surface area contributed by atoms with Crippen LogP contribution in [0.25, 0.3) is 16.6 Å². The molecule has 6 nitrogen and oxygen atoms in total. The van der Waals surface area contributed by atoms with E-state index in [4.69, 9.17) is 9.72 Å². The quantitative estimate of drug-likeness (QED) is 0.399. The maximum Gasteiger partial charge on any atom is 0.266 e. The minimum Gasteiger partial charge on any atom is -0.497 e. The van der Waals surface area contributed by atoms with Crippen LogP contribution in [0.4, 0.5) is 0 Å². The van der Waals surface area contributed by atoms with Crippen LogP contribution < -0.4 is 10.3 Å². The first-order valence-corrected chi connectivity index (χ1v) is 11.4. The summed E-state index contributed by atoms with van der Waals surface area (Å²) >= 11 is 0. The van der Waals surface area contributed by atoms with Gasteiger partial charge in [-0.15, -0.1) is 0 Å². The standard InChI is InChI=1S/C28H29N3O3/c1-5-30(26(32)18-21-13-15-23(34-4)16-14-21)20(3)27-29-25-12-7-6-11-24(25)28(33)31(27)22-10-8-9-19(2)17-22/h6-17,20H,5,18H2,1-4H3. The summed E-state index contributed by atoms with van der Waals surface area (Å²) < 4.78 is 6.85. The number of aromatic nitrogens is 2. The predicted molar refractivity (Wildman–Crippen MR) is 135 cm³/mol. The van der Waals surface area contributed by atoms with E-state index in [1.54, 1.807) is 22.6 Å². The Bertz CT molecular complexity index is 1380. The topological polar surface area (TPSA) is 64.4 Å². The zero-order valence-electron chi connectivity index (χ0n) is 20.0. The van der Waals surface area contributed by atoms with Crippen molar-refractivity contribution in [3.63, 3.8) is 0 Å². The molecular formula is C28H29N3O3. The lowest BCUT2D eigenvalue weighted by atomic mass is 10.1. The Morgan fingerprint density at radius 3 is 2.47 bits per heavy atom. The van der Waals surface area contributed by atoms with E-state index in [9.17, 15) is 9.59 Å². The van der Waals surface area contributed by atoms with Gasteiger partial charge in [-0.2, -0.15) is 0 Å². The predicted octanol–water partition coefficient (Wildman–Crippen LogP) is 4.85. The number of methoxy groups -OCH3 is 1. The summed E-state index contributed by atoms with van der Waals surface area (Å²) in [6.07, 6.45) is 0.254. The number of ether oxygens (including phenoxy) is 1. The van der Waals surface area contributed by atoms with Gasteiger partial charge in [-0.05, 0) is 68.3 Å². The van der Waals surface area contributed by atoms with Gasteiger partial charge in [0.1, 0.15) is 11.6 Å². The molecule has 4 rings (SSSR count). The van der Waals surface area contributed by atoms with Crippen LogP contribution in [0.3, 0.4) is 0 Å². The molecule has 0 saturated carbocycles. The molecule has 1 heterocycles. The molecule has 174 valence electrons. The van der Waals surface area contributed by atoms with Crippen LogP contribution in [-0.2, 0) is 11.2 Å². The van der Waals surface area contributed by atoms with Crippen molar-refractivity contribution in [2.24, 2.45) is 0 Å². The van der Waals surface area contributed by atoms with Gasteiger partial charge in [-0.25, -0.2) is 4.98 Å². The van der Waals surface area contributed by atoms with E-state index in [1.807, 2.05) is 87.5 Å². The maximum atomic E-state index is 13.6. The number of fused-ring (bicyclic) bond motifs is 1. The molecule has 0 aliphatic rings. The number of para-hydroxylation sites is 1. The third-order valence-corrected chi connectivity index (χ3v) is 6.08. The van der Waals surface area contributed by atoms with Gasteiger partial charge in [-0.3, -0.25) is 14.2 Å². The molecule has 34 heavy (non-hydrogen) atoms. The number of amides is 1. The van der Waals surface area contributed by atoms with Crippen LogP contribution >= 0.6 is 0 Å². The molecule has 0 saturated heterocycles. The number of carbonyl (C=O) groups excluding carboxylic acids is 1. The van der Waals surface area contributed by atoms with E-state index in [0.29, 0.717) is 23.3 Å². The van der Waals surface area contributed by atoms with Gasteiger partial charge >= 0.3 is 0 Å². The molecule has 1 atom stereocenters. The van der Waals surface area contributed by atoms with Crippen molar-refractivity contribution >= 4 is 16.8 Å². The molecule has 0 fully saturated rings. The van der Waals surface area contributed by atoms with E-state index in [-0.39, 0.29) is 17.9 Å². The van der Waals surface area contributed by atoms with Gasteiger partial charge in [0.2, 0.25) is 5.91 Å². The molecule has 1 aromatic heterocycles. The van der Waals surface area contributed by atoms with Crippen LogP contribution in [0.1, 0.15) is 36.8 Å². The monoisotopic (exact) mass is 455 g/mol. The Kier molecular flexibility index (Phi) is 6.77. The fourth-order valence-electron chi connectivity index (χ4n) is 4.27. The highest BCUT2D eigenvalue weighted by Crippen LogP contribution is 2.24. The van der Waals surface area contributed by atoms with E-state index >= 15 is 0 Å². The van der Waals surface area contributed by atoms with Gasteiger partial charge in [0.15, 0.2) is 0 Å². The summed E-state index contributed by atoms with van der Waals surface area (Å²) in [4.78, 5) is 33.6. The van der Waals surface area contributed by atoms with Gasteiger partial charge in [-0.1, -0.05) is 36.4 Å². The largest absolute Gasteiger partial charge is 0.497 e. The van der Waals surface area contributed by atoms with Crippen molar-refractivity contribution in [2.75, 3.05) is 13.7 Å². The van der Waals surface area contributed by atoms with Gasteiger partial charge in [0, 0.05) is 6.54 Å². The minimum absolute atomic E-state index is 0.0293. The second-order valence-electron chi connectivity index (χ2n) is 8.35. The first-order chi connectivity index (χ1) is 16.4. The molecule has 0 aliphatic carbocycles. The molecule has 0 radical (unpaired) electrons. The summed E-state index contributed by atoms with van der Waals surface area (Å²) in [5, 5.41) is 0.549. The van der Waals surface area contributed by atoms with Crippen molar-refractivity contribution in [1.82, 2.24) is 14.5 Å². The summed E-state index contributed by atoms with van der Waals surface area (Å²) in [7, 11) is 1.62. The van der Waals surface area contributed by atoms with Crippen LogP contribution in [0.5, 0.6) is 5.75 Å². The number of carbonyl (C=O) groups is 1. The van der Waals surface area contributed by atoms with Gasteiger partial charge < -0.3 is 9.64 Å². The maximum absolute atomic E-state index is 13.6. The van der Waals surface area contributed by atoms with Crippen LogP contribution in [0.15, 0.2) is 77.6 Å². The third kappa shape index (κ3) is 4.57. The molecule has 0 spiro atoms. The van der Waals surface area contributed by atoms with Crippen LogP contribution in [0, 0.1) is 6.92 Å². The van der Waals surface area contributed by atoms with Crippen molar-refractivity contribution in [3.05, 3.63) is 100 Å². The number of likely N-dealkylation sites (N-methyl/N-ethyl adjacent to an activating group) is 1. The van der Waals surface area contributed by atoms with Gasteiger partial charge in [0.05, 0.1) is 36.2 Å². The Balaban J connectivity index is 1.77. The molecule has 0 aliphatic heterocycles. The first-order valence-electron chi connectivity index (χ1n) is 11.4. The molecule has 3 aromatic carbocycles. The second kappa shape index (κ2) is 9.91. The zero-order chi connectivity index (χ0) is 24.2. The smallest absolute Gasteiger partial charge is 0.266 e. The highest BCUT2D eigenvalue weighted by molar-refractivity contribution is 5.80. The van der Waals surface area contributed by atoms with Crippen molar-refractivity contribution in [1.29, 1.82) is 0 Å². The van der Waals surface area contributed by atoms with Gasteiger partial charge in [0.25, 0.3) is 5.56 Å². The van der Waals surface area contributed by atoms with Crippen LogP contribution in [0.2, 0.25) is 0 Å². The number of hydrogen-bond acceptors (Lipinski definition) is 4. The fraction of sp³-hybridized carbons (Fsp3) is 0.250. The molecule has 4 aromatic rings. The lowest BCUT2D eigenvalue weighted by Crippen LogP contribution is -2.38. The summed E-state index contributed by atoms with van der Waals surface area (Å²) in [6, 6.07) is 22.2. The lowest BCUT2D eigenvalue weighted by Gasteiger charge is -2.29. The minimum atomic E-state index is -0.409. The SMILES string of the molecule is CCN(C(=O)Cc1ccc(OC)cc1)C(C)c1nc2ccccc2c(=O)n1-c1cccc(C)c1. The number of aryl methyl sites for hydroxylation is 1. The molecule has 1 amide bonds. The van der Waals surface area contributed by atoms with E-state index < -0.39 is 6.04 Å². The average molecular weight is 456 g/mol. The Morgan fingerprint density at radius 2 is 1.79 bits per heavy atom. The molecular weight excluding hydrogens is 426 g/mol. The van der Waals surface area contributed by atoms with E-state index in [1.165, 1.54) is 0 Å². The Labute approximate surface area is 199 Å². The number of nitrogens with zero attached hydrogens (tertiary/aromatic N) is 3. The molecule has 6 heteroatoms.